The van der Waals surface area contributed by atoms with Gasteiger partial charge in [-0.25, -0.2) is 0 Å². The summed E-state index contributed by atoms with van der Waals surface area (Å²) in [6.45, 7) is 2.72. The summed E-state index contributed by atoms with van der Waals surface area (Å²) in [4.78, 5) is 12.1. The van der Waals surface area contributed by atoms with Crippen LogP contribution >= 0.6 is 0 Å². The molecule has 4 heteroatoms. The van der Waals surface area contributed by atoms with Gasteiger partial charge >= 0.3 is 0 Å². The van der Waals surface area contributed by atoms with E-state index in [9.17, 15) is 4.79 Å². The first kappa shape index (κ1) is 20.5. The number of benzene rings is 3. The van der Waals surface area contributed by atoms with Gasteiger partial charge in [-0.15, -0.1) is 0 Å². The molecule has 0 bridgehead atoms. The molecule has 0 saturated carbocycles. The predicted octanol–water partition coefficient (Wildman–Crippen LogP) is 5.28. The summed E-state index contributed by atoms with van der Waals surface area (Å²) in [6, 6.07) is 25.6. The van der Waals surface area contributed by atoms with Crippen molar-refractivity contribution in [3.8, 4) is 11.5 Å². The summed E-state index contributed by atoms with van der Waals surface area (Å²) in [7, 11) is 0. The first-order valence-electron chi connectivity index (χ1n) is 10.0. The number of hydrogen-bond acceptors (Lipinski definition) is 3. The molecule has 0 aromatic heterocycles. The average Bonchev–Trinajstić information content (AvgIpc) is 2.77. The number of carbonyl (C=O) groups excluding carboxylic acids is 1. The highest BCUT2D eigenvalue weighted by atomic mass is 16.5. The zero-order valence-corrected chi connectivity index (χ0v) is 16.8. The maximum absolute atomic E-state index is 12.1. The van der Waals surface area contributed by atoms with Gasteiger partial charge in [0.15, 0.2) is 6.61 Å². The van der Waals surface area contributed by atoms with E-state index in [2.05, 4.69) is 36.5 Å². The van der Waals surface area contributed by atoms with E-state index < -0.39 is 0 Å². The number of ether oxygens (including phenoxy) is 2. The largest absolute Gasteiger partial charge is 0.494 e. The van der Waals surface area contributed by atoms with Crippen molar-refractivity contribution in [2.24, 2.45) is 0 Å². The van der Waals surface area contributed by atoms with Crippen molar-refractivity contribution in [3.63, 3.8) is 0 Å². The van der Waals surface area contributed by atoms with E-state index in [1.807, 2.05) is 54.6 Å². The maximum atomic E-state index is 12.1. The van der Waals surface area contributed by atoms with Crippen LogP contribution in [0.1, 0.15) is 24.5 Å². The zero-order valence-electron chi connectivity index (χ0n) is 16.8. The Kier molecular flexibility index (Phi) is 7.70. The van der Waals surface area contributed by atoms with Crippen LogP contribution in [0.3, 0.4) is 0 Å². The number of rotatable bonds is 10. The van der Waals surface area contributed by atoms with E-state index in [1.54, 1.807) is 0 Å². The average molecular weight is 389 g/mol. The lowest BCUT2D eigenvalue weighted by atomic mass is 10.1. The Morgan fingerprint density at radius 1 is 0.828 bits per heavy atom. The Morgan fingerprint density at radius 2 is 1.59 bits per heavy atom. The maximum Gasteiger partial charge on any atom is 0.262 e. The molecule has 150 valence electrons. The lowest BCUT2D eigenvalue weighted by Crippen LogP contribution is -2.20. The molecule has 1 N–H and O–H groups in total. The normalized spacial score (nSPS) is 10.4. The molecule has 0 fully saturated rings. The van der Waals surface area contributed by atoms with Gasteiger partial charge in [0, 0.05) is 5.69 Å². The third-order valence-corrected chi connectivity index (χ3v) is 4.54. The molecular formula is C25H27NO3. The van der Waals surface area contributed by atoms with E-state index in [4.69, 9.17) is 9.47 Å². The Bertz CT molecular complexity index is 891. The topological polar surface area (TPSA) is 47.6 Å². The van der Waals surface area contributed by atoms with Gasteiger partial charge in [0.2, 0.25) is 0 Å². The Labute approximate surface area is 172 Å². The summed E-state index contributed by atoms with van der Waals surface area (Å²) < 4.78 is 11.3. The summed E-state index contributed by atoms with van der Waals surface area (Å²) >= 11 is 0. The van der Waals surface area contributed by atoms with Crippen LogP contribution in [0.2, 0.25) is 0 Å². The molecule has 0 atom stereocenters. The van der Waals surface area contributed by atoms with Crippen molar-refractivity contribution in [1.82, 2.24) is 0 Å². The number of aryl methyl sites for hydroxylation is 2. The number of nitrogens with one attached hydrogen (secondary N) is 1. The van der Waals surface area contributed by atoms with Gasteiger partial charge in [-0.05, 0) is 66.8 Å². The van der Waals surface area contributed by atoms with Crippen LogP contribution in [0.5, 0.6) is 11.5 Å². The quantitative estimate of drug-likeness (QED) is 0.480. The second-order valence-corrected chi connectivity index (χ2v) is 6.80. The van der Waals surface area contributed by atoms with Crippen molar-refractivity contribution in [2.75, 3.05) is 18.5 Å². The van der Waals surface area contributed by atoms with Crippen LogP contribution in [-0.2, 0) is 17.6 Å². The molecule has 0 spiro atoms. The molecule has 0 heterocycles. The standard InChI is InChI=1S/C25H27NO3/c1-2-20-10-6-12-24(18-20)29-19-25(27)26-22-13-15-23(16-14-22)28-17-7-11-21-8-4-3-5-9-21/h3-6,8-10,12-16,18H,2,7,11,17,19H2,1H3,(H,26,27). The molecule has 3 aromatic rings. The SMILES string of the molecule is CCc1cccc(OCC(=O)Nc2ccc(OCCCc3ccccc3)cc2)c1. The highest BCUT2D eigenvalue weighted by Crippen LogP contribution is 2.17. The number of hydrogen-bond donors (Lipinski definition) is 1. The van der Waals surface area contributed by atoms with Crippen LogP contribution in [0.4, 0.5) is 5.69 Å². The molecule has 0 aliphatic heterocycles. The van der Waals surface area contributed by atoms with Gasteiger partial charge in [-0.2, -0.15) is 0 Å². The monoisotopic (exact) mass is 389 g/mol. The summed E-state index contributed by atoms with van der Waals surface area (Å²) in [6.07, 6.45) is 2.89. The second-order valence-electron chi connectivity index (χ2n) is 6.80. The second kappa shape index (κ2) is 10.9. The third-order valence-electron chi connectivity index (χ3n) is 4.54. The van der Waals surface area contributed by atoms with Crippen LogP contribution in [0.15, 0.2) is 78.9 Å². The smallest absolute Gasteiger partial charge is 0.262 e. The lowest BCUT2D eigenvalue weighted by Gasteiger charge is -2.10. The fourth-order valence-corrected chi connectivity index (χ4v) is 2.95. The first-order valence-corrected chi connectivity index (χ1v) is 10.0. The molecule has 3 rings (SSSR count). The van der Waals surface area contributed by atoms with Crippen LogP contribution in [-0.4, -0.2) is 19.1 Å². The molecule has 4 nitrogen and oxygen atoms in total. The van der Waals surface area contributed by atoms with Crippen molar-refractivity contribution in [2.45, 2.75) is 26.2 Å². The minimum Gasteiger partial charge on any atom is -0.494 e. The molecule has 0 aliphatic carbocycles. The van der Waals surface area contributed by atoms with Crippen LogP contribution < -0.4 is 14.8 Å². The van der Waals surface area contributed by atoms with Crippen molar-refractivity contribution in [3.05, 3.63) is 90.0 Å². The van der Waals surface area contributed by atoms with Gasteiger partial charge < -0.3 is 14.8 Å². The van der Waals surface area contributed by atoms with E-state index in [0.717, 1.165) is 30.7 Å². The van der Waals surface area contributed by atoms with Gasteiger partial charge in [-0.3, -0.25) is 4.79 Å². The van der Waals surface area contributed by atoms with Gasteiger partial charge in [0.05, 0.1) is 6.61 Å². The first-order chi connectivity index (χ1) is 14.2. The van der Waals surface area contributed by atoms with E-state index in [-0.39, 0.29) is 12.5 Å². The lowest BCUT2D eigenvalue weighted by molar-refractivity contribution is -0.118. The summed E-state index contributed by atoms with van der Waals surface area (Å²) in [5.41, 5.74) is 3.22. The molecule has 0 unspecified atom stereocenters. The van der Waals surface area contributed by atoms with Crippen molar-refractivity contribution < 1.29 is 14.3 Å². The van der Waals surface area contributed by atoms with Crippen molar-refractivity contribution in [1.29, 1.82) is 0 Å². The summed E-state index contributed by atoms with van der Waals surface area (Å²) in [5, 5.41) is 2.84. The highest BCUT2D eigenvalue weighted by Gasteiger charge is 2.05. The van der Waals surface area contributed by atoms with Gasteiger partial charge in [0.1, 0.15) is 11.5 Å². The molecular weight excluding hydrogens is 362 g/mol. The van der Waals surface area contributed by atoms with E-state index in [0.29, 0.717) is 12.4 Å². The number of anilines is 1. The van der Waals surface area contributed by atoms with E-state index >= 15 is 0 Å². The minimum absolute atomic E-state index is 0.0229. The predicted molar refractivity (Wildman–Crippen MR) is 117 cm³/mol. The molecule has 0 aliphatic rings. The van der Waals surface area contributed by atoms with E-state index in [1.165, 1.54) is 11.1 Å². The van der Waals surface area contributed by atoms with Gasteiger partial charge in [0.25, 0.3) is 5.91 Å². The highest BCUT2D eigenvalue weighted by molar-refractivity contribution is 5.91. The molecule has 1 amide bonds. The Hall–Kier alpha value is -3.27. The molecule has 29 heavy (non-hydrogen) atoms. The third kappa shape index (κ3) is 7.00. The Balaban J connectivity index is 1.38. The van der Waals surface area contributed by atoms with Crippen molar-refractivity contribution >= 4 is 11.6 Å². The molecule has 3 aromatic carbocycles. The number of carbonyl (C=O) groups is 1. The zero-order chi connectivity index (χ0) is 20.3. The van der Waals surface area contributed by atoms with Crippen LogP contribution in [0, 0.1) is 0 Å². The fourth-order valence-electron chi connectivity index (χ4n) is 2.95. The van der Waals surface area contributed by atoms with Crippen LogP contribution in [0.25, 0.3) is 0 Å². The Morgan fingerprint density at radius 3 is 2.34 bits per heavy atom. The minimum atomic E-state index is -0.191. The number of amides is 1. The molecule has 0 radical (unpaired) electrons. The fraction of sp³-hybridized carbons (Fsp3) is 0.240. The summed E-state index contributed by atoms with van der Waals surface area (Å²) in [5.74, 6) is 1.31. The molecule has 0 saturated heterocycles. The van der Waals surface area contributed by atoms with Gasteiger partial charge in [-0.1, -0.05) is 49.4 Å².